The summed E-state index contributed by atoms with van der Waals surface area (Å²) in [6, 6.07) is -0.900. The number of ether oxygens (including phenoxy) is 1. The highest BCUT2D eigenvalue weighted by molar-refractivity contribution is 7.45. The van der Waals surface area contributed by atoms with Gasteiger partial charge in [-0.15, -0.1) is 0 Å². The van der Waals surface area contributed by atoms with E-state index in [-0.39, 0.29) is 24.9 Å². The average Bonchev–Trinajstić information content (AvgIpc) is 3.35. The summed E-state index contributed by atoms with van der Waals surface area (Å²) in [7, 11) is 1.17. The fourth-order valence-electron chi connectivity index (χ4n) is 8.38. The summed E-state index contributed by atoms with van der Waals surface area (Å²) in [6.07, 6.45) is 67.1. The van der Waals surface area contributed by atoms with Crippen LogP contribution in [-0.2, 0) is 27.9 Å². The van der Waals surface area contributed by atoms with Crippen molar-refractivity contribution in [3.63, 3.8) is 0 Å². The molecule has 0 aliphatic rings. The summed E-state index contributed by atoms with van der Waals surface area (Å²) in [5.74, 6) is -0.565. The minimum Gasteiger partial charge on any atom is -0.756 e. The van der Waals surface area contributed by atoms with Gasteiger partial charge < -0.3 is 28.5 Å². The van der Waals surface area contributed by atoms with E-state index in [0.29, 0.717) is 17.4 Å². The maximum absolute atomic E-state index is 13.5. The number of phosphoric acid groups is 1. The number of rotatable bonds is 54. The number of hydrogen-bond donors (Lipinski definition) is 1. The van der Waals surface area contributed by atoms with E-state index < -0.39 is 26.6 Å². The van der Waals surface area contributed by atoms with Crippen LogP contribution in [0.4, 0.5) is 0 Å². The lowest BCUT2D eigenvalue weighted by molar-refractivity contribution is -0.870. The van der Waals surface area contributed by atoms with Crippen LogP contribution >= 0.6 is 7.82 Å². The van der Waals surface area contributed by atoms with Crippen molar-refractivity contribution in [2.75, 3.05) is 40.9 Å². The molecule has 0 fully saturated rings. The number of likely N-dealkylation sites (N-methyl/N-ethyl adjacent to an activating group) is 1. The van der Waals surface area contributed by atoms with E-state index in [4.69, 9.17) is 13.8 Å². The standard InChI is InChI=1S/C63H115N2O7P/c1-7-10-13-16-19-22-25-27-29-31-32-34-35-37-40-43-46-49-52-55-62(66)64-60(59-71-73(68,69)70-58-57-65(4,5)6)61(54-51-48-45-42-39-24-21-18-15-12-9-3)72-63(67)56-53-50-47-44-41-38-36-33-30-28-26-23-20-17-14-11-8-2/h19-20,22-23,27-30,32,34,51,54,60-61H,7-18,21,24-26,31,33,35-50,52-53,55-59H2,1-6H3,(H-,64,66,68,69)/b22-19-,23-20-,29-27-,30-28-,34-32-,54-51+. The van der Waals surface area contributed by atoms with Gasteiger partial charge in [-0.2, -0.15) is 0 Å². The molecule has 0 rings (SSSR count). The van der Waals surface area contributed by atoms with Gasteiger partial charge in [0.15, 0.2) is 0 Å². The summed E-state index contributed by atoms with van der Waals surface area (Å²) in [5, 5.41) is 3.02. The molecule has 0 saturated heterocycles. The third kappa shape index (κ3) is 54.1. The van der Waals surface area contributed by atoms with E-state index >= 15 is 0 Å². The van der Waals surface area contributed by atoms with Gasteiger partial charge in [0, 0.05) is 12.8 Å². The van der Waals surface area contributed by atoms with Crippen LogP contribution in [0.25, 0.3) is 0 Å². The Labute approximate surface area is 451 Å². The van der Waals surface area contributed by atoms with Crippen LogP contribution in [0.5, 0.6) is 0 Å². The minimum atomic E-state index is -4.70. The number of hydrogen-bond acceptors (Lipinski definition) is 7. The molecular formula is C63H115N2O7P. The molecule has 0 spiro atoms. The van der Waals surface area contributed by atoms with Crippen molar-refractivity contribution < 1.29 is 37.3 Å². The van der Waals surface area contributed by atoms with E-state index in [2.05, 4.69) is 86.8 Å². The van der Waals surface area contributed by atoms with Gasteiger partial charge in [-0.25, -0.2) is 0 Å². The second-order valence-corrected chi connectivity index (χ2v) is 22.9. The fraction of sp³-hybridized carbons (Fsp3) is 0.778. The summed E-state index contributed by atoms with van der Waals surface area (Å²) >= 11 is 0. The lowest BCUT2D eigenvalue weighted by atomic mass is 10.1. The molecule has 424 valence electrons. The lowest BCUT2D eigenvalue weighted by Crippen LogP contribution is -2.47. The topological polar surface area (TPSA) is 114 Å². The number of carbonyl (C=O) groups is 2. The molecule has 0 aromatic rings. The number of allylic oxidation sites excluding steroid dienone is 11. The number of quaternary nitrogens is 1. The highest BCUT2D eigenvalue weighted by Crippen LogP contribution is 2.38. The Morgan fingerprint density at radius 1 is 0.479 bits per heavy atom. The predicted octanol–water partition coefficient (Wildman–Crippen LogP) is 17.8. The van der Waals surface area contributed by atoms with Gasteiger partial charge in [0.05, 0.1) is 33.8 Å². The number of esters is 1. The van der Waals surface area contributed by atoms with Crippen LogP contribution in [0.1, 0.15) is 265 Å². The summed E-state index contributed by atoms with van der Waals surface area (Å²) in [4.78, 5) is 39.9. The van der Waals surface area contributed by atoms with Crippen LogP contribution in [-0.4, -0.2) is 69.4 Å². The molecule has 0 aliphatic heterocycles. The largest absolute Gasteiger partial charge is 0.756 e. The monoisotopic (exact) mass is 1040 g/mol. The first kappa shape index (κ1) is 70.5. The Kier molecular flexibility index (Phi) is 51.0. The Balaban J connectivity index is 5.29. The maximum atomic E-state index is 13.5. The second-order valence-electron chi connectivity index (χ2n) is 21.5. The third-order valence-corrected chi connectivity index (χ3v) is 14.1. The molecule has 0 saturated carbocycles. The van der Waals surface area contributed by atoms with Crippen LogP contribution in [0.3, 0.4) is 0 Å². The van der Waals surface area contributed by atoms with Gasteiger partial charge in [0.25, 0.3) is 7.82 Å². The average molecular weight is 1040 g/mol. The Hall–Kier alpha value is -2.55. The zero-order valence-corrected chi connectivity index (χ0v) is 49.2. The van der Waals surface area contributed by atoms with Gasteiger partial charge in [-0.05, 0) is 102 Å². The van der Waals surface area contributed by atoms with Crippen molar-refractivity contribution in [1.82, 2.24) is 5.32 Å². The van der Waals surface area contributed by atoms with Gasteiger partial charge in [0.2, 0.25) is 5.91 Å². The molecule has 0 aromatic carbocycles. The molecular weight excluding hydrogens is 928 g/mol. The molecule has 0 heterocycles. The molecule has 73 heavy (non-hydrogen) atoms. The first-order valence-electron chi connectivity index (χ1n) is 30.2. The Bertz CT molecular complexity index is 1480. The van der Waals surface area contributed by atoms with E-state index in [0.717, 1.165) is 116 Å². The Morgan fingerprint density at radius 3 is 1.27 bits per heavy atom. The van der Waals surface area contributed by atoms with Gasteiger partial charge in [-0.1, -0.05) is 222 Å². The zero-order valence-electron chi connectivity index (χ0n) is 48.3. The van der Waals surface area contributed by atoms with E-state index in [1.165, 1.54) is 116 Å². The molecule has 1 amide bonds. The van der Waals surface area contributed by atoms with Crippen LogP contribution in [0.2, 0.25) is 0 Å². The van der Waals surface area contributed by atoms with Crippen molar-refractivity contribution in [2.24, 2.45) is 0 Å². The highest BCUT2D eigenvalue weighted by Gasteiger charge is 2.27. The van der Waals surface area contributed by atoms with Crippen molar-refractivity contribution in [1.29, 1.82) is 0 Å². The smallest absolute Gasteiger partial charge is 0.306 e. The minimum absolute atomic E-state index is 0.0288. The Morgan fingerprint density at radius 2 is 0.836 bits per heavy atom. The van der Waals surface area contributed by atoms with Crippen molar-refractivity contribution >= 4 is 19.7 Å². The first-order valence-corrected chi connectivity index (χ1v) is 31.7. The van der Waals surface area contributed by atoms with Crippen molar-refractivity contribution in [3.8, 4) is 0 Å². The fourth-order valence-corrected chi connectivity index (χ4v) is 9.10. The van der Waals surface area contributed by atoms with Gasteiger partial charge in [-0.3, -0.25) is 14.2 Å². The maximum Gasteiger partial charge on any atom is 0.306 e. The second kappa shape index (κ2) is 52.9. The van der Waals surface area contributed by atoms with Crippen LogP contribution < -0.4 is 10.2 Å². The molecule has 3 unspecified atom stereocenters. The quantitative estimate of drug-likeness (QED) is 0.0212. The zero-order chi connectivity index (χ0) is 53.6. The first-order chi connectivity index (χ1) is 35.4. The molecule has 1 N–H and O–H groups in total. The summed E-state index contributed by atoms with van der Waals surface area (Å²) in [5.41, 5.74) is 0. The molecule has 0 aromatic heterocycles. The predicted molar refractivity (Wildman–Crippen MR) is 312 cm³/mol. The van der Waals surface area contributed by atoms with E-state index in [9.17, 15) is 19.0 Å². The molecule has 0 aliphatic carbocycles. The van der Waals surface area contributed by atoms with Crippen molar-refractivity contribution in [3.05, 3.63) is 72.9 Å². The third-order valence-electron chi connectivity index (χ3n) is 13.1. The number of carbonyl (C=O) groups excluding carboxylic acids is 2. The number of amides is 1. The molecule has 10 heteroatoms. The molecule has 0 radical (unpaired) electrons. The van der Waals surface area contributed by atoms with Gasteiger partial charge >= 0.3 is 5.97 Å². The number of nitrogens with zero attached hydrogens (tertiary/aromatic N) is 1. The number of phosphoric ester groups is 1. The van der Waals surface area contributed by atoms with Crippen molar-refractivity contribution in [2.45, 2.75) is 277 Å². The number of unbranched alkanes of at least 4 members (excludes halogenated alkanes) is 28. The van der Waals surface area contributed by atoms with Crippen LogP contribution in [0, 0.1) is 0 Å². The van der Waals surface area contributed by atoms with Crippen LogP contribution in [0.15, 0.2) is 72.9 Å². The SMILES string of the molecule is CCCCC/C=C\C/C=C\C/C=C\CCCCCCCCC(=O)NC(COP(=O)([O-])OCC[N+](C)(C)C)C(/C=C/CCCCCCCCCCC)OC(=O)CCCCCCCCC/C=C\C/C=C\CCCCC. The summed E-state index contributed by atoms with van der Waals surface area (Å²) in [6.45, 7) is 6.77. The normalized spacial score (nSPS) is 14.2. The van der Waals surface area contributed by atoms with E-state index in [1.54, 1.807) is 0 Å². The molecule has 9 nitrogen and oxygen atoms in total. The van der Waals surface area contributed by atoms with Gasteiger partial charge in [0.1, 0.15) is 19.3 Å². The lowest BCUT2D eigenvalue weighted by Gasteiger charge is -2.30. The highest BCUT2D eigenvalue weighted by atomic mass is 31.2. The molecule has 0 bridgehead atoms. The molecule has 3 atom stereocenters. The number of nitrogens with one attached hydrogen (secondary N) is 1. The summed E-state index contributed by atoms with van der Waals surface area (Å²) < 4.78 is 30.3. The van der Waals surface area contributed by atoms with E-state index in [1.807, 2.05) is 33.3 Å².